The van der Waals surface area contributed by atoms with E-state index in [0.29, 0.717) is 23.2 Å². The Balaban J connectivity index is 2.17. The van der Waals surface area contributed by atoms with E-state index in [0.717, 1.165) is 0 Å². The van der Waals surface area contributed by atoms with E-state index in [1.165, 1.54) is 0 Å². The second-order valence-electron chi connectivity index (χ2n) is 5.51. The molecule has 2 N–H and O–H groups in total. The van der Waals surface area contributed by atoms with Gasteiger partial charge in [-0.25, -0.2) is 4.79 Å². The lowest BCUT2D eigenvalue weighted by atomic mass is 9.92. The van der Waals surface area contributed by atoms with Crippen LogP contribution in [0.5, 0.6) is 0 Å². The van der Waals surface area contributed by atoms with E-state index in [2.05, 4.69) is 10.3 Å². The van der Waals surface area contributed by atoms with Gasteiger partial charge < -0.3 is 9.73 Å². The van der Waals surface area contributed by atoms with Crippen LogP contribution < -0.4 is 11.1 Å². The predicted octanol–water partition coefficient (Wildman–Crippen LogP) is 2.50. The molecule has 2 rings (SSSR count). The summed E-state index contributed by atoms with van der Waals surface area (Å²) in [5.74, 6) is -0.546. The van der Waals surface area contributed by atoms with Gasteiger partial charge in [0.15, 0.2) is 5.58 Å². The number of hydrogen-bond acceptors (Lipinski definition) is 3. The van der Waals surface area contributed by atoms with E-state index in [4.69, 9.17) is 4.42 Å². The van der Waals surface area contributed by atoms with Crippen molar-refractivity contribution in [2.75, 3.05) is 5.32 Å². The lowest BCUT2D eigenvalue weighted by molar-refractivity contribution is -0.117. The van der Waals surface area contributed by atoms with Crippen LogP contribution in [0.2, 0.25) is 0 Å². The number of nitrogens with one attached hydrogen (secondary N) is 2. The summed E-state index contributed by atoms with van der Waals surface area (Å²) in [7, 11) is 0. The maximum absolute atomic E-state index is 11.8. The van der Waals surface area contributed by atoms with Gasteiger partial charge in [-0.1, -0.05) is 20.8 Å². The molecule has 18 heavy (non-hydrogen) atoms. The number of hydrogen-bond donors (Lipinski definition) is 2. The van der Waals surface area contributed by atoms with E-state index in [9.17, 15) is 9.59 Å². The third kappa shape index (κ3) is 3.00. The Labute approximate surface area is 104 Å². The van der Waals surface area contributed by atoms with E-state index < -0.39 is 5.76 Å². The summed E-state index contributed by atoms with van der Waals surface area (Å²) < 4.78 is 4.88. The minimum Gasteiger partial charge on any atom is -0.408 e. The Morgan fingerprint density at radius 1 is 1.39 bits per heavy atom. The Kier molecular flexibility index (Phi) is 2.98. The summed E-state index contributed by atoms with van der Waals surface area (Å²) >= 11 is 0. The average molecular weight is 248 g/mol. The van der Waals surface area contributed by atoms with Crippen molar-refractivity contribution in [3.05, 3.63) is 28.7 Å². The van der Waals surface area contributed by atoms with Gasteiger partial charge >= 0.3 is 5.76 Å². The largest absolute Gasteiger partial charge is 0.417 e. The molecule has 1 aromatic carbocycles. The zero-order valence-corrected chi connectivity index (χ0v) is 10.7. The van der Waals surface area contributed by atoms with Crippen molar-refractivity contribution in [3.63, 3.8) is 0 Å². The first-order valence-corrected chi connectivity index (χ1v) is 5.76. The number of fused-ring (bicyclic) bond motifs is 1. The highest BCUT2D eigenvalue weighted by Gasteiger charge is 2.16. The van der Waals surface area contributed by atoms with Crippen molar-refractivity contribution in [2.24, 2.45) is 5.41 Å². The van der Waals surface area contributed by atoms with Crippen LogP contribution in [-0.4, -0.2) is 10.9 Å². The van der Waals surface area contributed by atoms with Gasteiger partial charge in [-0.05, 0) is 23.6 Å². The van der Waals surface area contributed by atoms with Crippen LogP contribution in [0.4, 0.5) is 5.69 Å². The zero-order valence-electron chi connectivity index (χ0n) is 10.7. The van der Waals surface area contributed by atoms with Gasteiger partial charge in [0, 0.05) is 12.1 Å². The molecular formula is C13H16N2O3. The minimum atomic E-state index is -0.497. The lowest BCUT2D eigenvalue weighted by Gasteiger charge is -2.17. The number of H-pyrrole nitrogens is 1. The first-order valence-electron chi connectivity index (χ1n) is 5.76. The highest BCUT2D eigenvalue weighted by atomic mass is 16.4. The van der Waals surface area contributed by atoms with Crippen molar-refractivity contribution in [1.82, 2.24) is 4.98 Å². The normalized spacial score (nSPS) is 11.7. The minimum absolute atomic E-state index is 0.0484. The summed E-state index contributed by atoms with van der Waals surface area (Å²) in [6, 6.07) is 5.04. The number of aromatic amines is 1. The number of aromatic nitrogens is 1. The molecule has 0 aliphatic carbocycles. The van der Waals surface area contributed by atoms with E-state index in [1.54, 1.807) is 18.2 Å². The molecule has 96 valence electrons. The van der Waals surface area contributed by atoms with Gasteiger partial charge in [-0.15, -0.1) is 0 Å². The number of carbonyl (C=O) groups excluding carboxylic acids is 1. The van der Waals surface area contributed by atoms with Crippen molar-refractivity contribution in [2.45, 2.75) is 27.2 Å². The van der Waals surface area contributed by atoms with E-state index in [-0.39, 0.29) is 11.3 Å². The Morgan fingerprint density at radius 3 is 2.78 bits per heavy atom. The van der Waals surface area contributed by atoms with Gasteiger partial charge in [-0.2, -0.15) is 0 Å². The molecule has 0 bridgehead atoms. The average Bonchev–Trinajstić information content (AvgIpc) is 2.53. The Hall–Kier alpha value is -2.04. The topological polar surface area (TPSA) is 75.1 Å². The molecule has 1 amide bonds. The lowest BCUT2D eigenvalue weighted by Crippen LogP contribution is -2.19. The van der Waals surface area contributed by atoms with Gasteiger partial charge in [0.05, 0.1) is 5.52 Å². The molecule has 1 heterocycles. The first kappa shape index (κ1) is 12.4. The highest BCUT2D eigenvalue weighted by Crippen LogP contribution is 2.21. The standard InChI is InChI=1S/C13H16N2O3/c1-13(2,3)7-11(16)14-8-4-5-10-9(6-8)15-12(17)18-10/h4-6H,7H2,1-3H3,(H,14,16)(H,15,17). The molecule has 0 saturated carbocycles. The first-order chi connectivity index (χ1) is 8.33. The zero-order chi connectivity index (χ0) is 13.3. The molecule has 0 spiro atoms. The number of carbonyl (C=O) groups is 1. The fourth-order valence-electron chi connectivity index (χ4n) is 1.72. The summed E-state index contributed by atoms with van der Waals surface area (Å²) in [6.45, 7) is 6.01. The van der Waals surface area contributed by atoms with Gasteiger partial charge in [0.25, 0.3) is 0 Å². The molecule has 0 atom stereocenters. The van der Waals surface area contributed by atoms with E-state index >= 15 is 0 Å². The van der Waals surface area contributed by atoms with Crippen LogP contribution in [0.15, 0.2) is 27.4 Å². The summed E-state index contributed by atoms with van der Waals surface area (Å²) in [6.07, 6.45) is 0.437. The van der Waals surface area contributed by atoms with Crippen LogP contribution >= 0.6 is 0 Å². The summed E-state index contributed by atoms with van der Waals surface area (Å²) in [5, 5.41) is 2.80. The molecule has 5 nitrogen and oxygen atoms in total. The number of amides is 1. The SMILES string of the molecule is CC(C)(C)CC(=O)Nc1ccc2oc(=O)[nH]c2c1. The van der Waals surface area contributed by atoms with Crippen LogP contribution in [0.25, 0.3) is 11.1 Å². The fraction of sp³-hybridized carbons (Fsp3) is 0.385. The maximum atomic E-state index is 11.8. The van der Waals surface area contributed by atoms with Crippen molar-refractivity contribution in [1.29, 1.82) is 0 Å². The molecule has 5 heteroatoms. The summed E-state index contributed by atoms with van der Waals surface area (Å²) in [4.78, 5) is 25.3. The van der Waals surface area contributed by atoms with Crippen LogP contribution in [0, 0.1) is 5.41 Å². The Bertz CT molecular complexity index is 631. The van der Waals surface area contributed by atoms with Crippen molar-refractivity contribution >= 4 is 22.7 Å². The second kappa shape index (κ2) is 4.33. The molecule has 2 aromatic rings. The third-order valence-electron chi connectivity index (χ3n) is 2.39. The maximum Gasteiger partial charge on any atom is 0.417 e. The fourth-order valence-corrected chi connectivity index (χ4v) is 1.72. The molecule has 0 saturated heterocycles. The molecule has 0 unspecified atom stereocenters. The van der Waals surface area contributed by atoms with E-state index in [1.807, 2.05) is 20.8 Å². The van der Waals surface area contributed by atoms with Crippen LogP contribution in [0.1, 0.15) is 27.2 Å². The van der Waals surface area contributed by atoms with Crippen LogP contribution in [-0.2, 0) is 4.79 Å². The second-order valence-corrected chi connectivity index (χ2v) is 5.51. The van der Waals surface area contributed by atoms with Crippen molar-refractivity contribution < 1.29 is 9.21 Å². The van der Waals surface area contributed by atoms with Gasteiger partial charge in [-0.3, -0.25) is 9.78 Å². The number of rotatable bonds is 2. The highest BCUT2D eigenvalue weighted by molar-refractivity contribution is 5.93. The van der Waals surface area contributed by atoms with Crippen molar-refractivity contribution in [3.8, 4) is 0 Å². The van der Waals surface area contributed by atoms with Gasteiger partial charge in [0.2, 0.25) is 5.91 Å². The number of anilines is 1. The number of benzene rings is 1. The molecular weight excluding hydrogens is 232 g/mol. The molecule has 0 aliphatic rings. The monoisotopic (exact) mass is 248 g/mol. The quantitative estimate of drug-likeness (QED) is 0.857. The molecule has 0 fully saturated rings. The smallest absolute Gasteiger partial charge is 0.408 e. The predicted molar refractivity (Wildman–Crippen MR) is 69.5 cm³/mol. The molecule has 0 radical (unpaired) electrons. The molecule has 1 aromatic heterocycles. The summed E-state index contributed by atoms with van der Waals surface area (Å²) in [5.41, 5.74) is 1.65. The van der Waals surface area contributed by atoms with Gasteiger partial charge in [0.1, 0.15) is 0 Å². The third-order valence-corrected chi connectivity index (χ3v) is 2.39. The van der Waals surface area contributed by atoms with Crippen LogP contribution in [0.3, 0.4) is 0 Å². The number of oxazole rings is 1. The molecule has 0 aliphatic heterocycles. The Morgan fingerprint density at radius 2 is 2.11 bits per heavy atom.